The third-order valence-corrected chi connectivity index (χ3v) is 14.2. The maximum atomic E-state index is 12.8. The fourth-order valence-electron chi connectivity index (χ4n) is 7.78. The van der Waals surface area contributed by atoms with Gasteiger partial charge in [0.2, 0.25) is 0 Å². The molecule has 0 heterocycles. The third kappa shape index (κ3) is 53.6. The number of unbranched alkanes of at least 4 members (excludes halogenated alkanes) is 27. The Morgan fingerprint density at radius 1 is 0.373 bits per heavy atom. The number of phosphoric ester groups is 2. The molecule has 440 valence electrons. The molecule has 0 radical (unpaired) electrons. The maximum Gasteiger partial charge on any atom is 0.472 e. The Balaban J connectivity index is 4.65. The number of hydrogen-bond acceptors (Lipinski definition) is 14. The number of aliphatic hydroxyl groups is 2. The second-order valence-electron chi connectivity index (χ2n) is 19.8. The molecule has 0 aliphatic heterocycles. The largest absolute Gasteiger partial charge is 0.472 e. The van der Waals surface area contributed by atoms with E-state index in [0.29, 0.717) is 19.3 Å². The maximum absolute atomic E-state index is 12.8. The SMILES string of the molecule is CCC/C=C\C/C=C\CCCCCCCC(=O)OCC(COP(=O)(O)OCC(O)COP(=O)(O)OCC(O)COC(=O)CCCCCCC/C=C\CCCCCCCC)OC(=O)CCCCCCCCCCCCC. The molecule has 4 N–H and O–H groups in total. The van der Waals surface area contributed by atoms with Crippen LogP contribution in [-0.2, 0) is 55.8 Å². The van der Waals surface area contributed by atoms with Gasteiger partial charge in [0.1, 0.15) is 25.4 Å². The molecule has 5 atom stereocenters. The number of aliphatic hydroxyl groups excluding tert-OH is 2. The van der Waals surface area contributed by atoms with Gasteiger partial charge in [-0.2, -0.15) is 0 Å². The van der Waals surface area contributed by atoms with E-state index in [1.165, 1.54) is 77.0 Å². The van der Waals surface area contributed by atoms with Gasteiger partial charge in [-0.25, -0.2) is 9.13 Å². The summed E-state index contributed by atoms with van der Waals surface area (Å²) in [5.41, 5.74) is 0. The van der Waals surface area contributed by atoms with E-state index in [4.69, 9.17) is 32.3 Å². The lowest BCUT2D eigenvalue weighted by Gasteiger charge is -2.21. The molecule has 0 aromatic carbocycles. The van der Waals surface area contributed by atoms with Crippen LogP contribution in [0.4, 0.5) is 0 Å². The molecule has 0 aromatic heterocycles. The van der Waals surface area contributed by atoms with Crippen LogP contribution in [-0.4, -0.2) is 95.9 Å². The molecule has 0 rings (SSSR count). The predicted molar refractivity (Wildman–Crippen MR) is 298 cm³/mol. The topological polar surface area (TPSA) is 231 Å². The van der Waals surface area contributed by atoms with Crippen LogP contribution in [0.1, 0.15) is 252 Å². The van der Waals surface area contributed by atoms with Gasteiger partial charge in [0.15, 0.2) is 6.10 Å². The van der Waals surface area contributed by atoms with Gasteiger partial charge in [0, 0.05) is 19.3 Å². The Morgan fingerprint density at radius 3 is 1.11 bits per heavy atom. The Morgan fingerprint density at radius 2 is 0.693 bits per heavy atom. The van der Waals surface area contributed by atoms with Crippen molar-refractivity contribution in [3.8, 4) is 0 Å². The van der Waals surface area contributed by atoms with Crippen molar-refractivity contribution in [1.82, 2.24) is 0 Å². The van der Waals surface area contributed by atoms with Crippen LogP contribution in [0, 0.1) is 0 Å². The monoisotopic (exact) mass is 1110 g/mol. The molecule has 0 bridgehead atoms. The Hall–Kier alpha value is -2.23. The van der Waals surface area contributed by atoms with Crippen molar-refractivity contribution < 1.29 is 75.8 Å². The van der Waals surface area contributed by atoms with E-state index in [0.717, 1.165) is 116 Å². The lowest BCUT2D eigenvalue weighted by molar-refractivity contribution is -0.161. The molecule has 0 aliphatic carbocycles. The highest BCUT2D eigenvalue weighted by Gasteiger charge is 2.29. The van der Waals surface area contributed by atoms with Gasteiger partial charge < -0.3 is 34.2 Å². The minimum Gasteiger partial charge on any atom is -0.463 e. The quantitative estimate of drug-likeness (QED) is 0.0146. The zero-order valence-electron chi connectivity index (χ0n) is 47.0. The Labute approximate surface area is 454 Å². The lowest BCUT2D eigenvalue weighted by Crippen LogP contribution is -2.30. The molecule has 0 saturated carbocycles. The van der Waals surface area contributed by atoms with Crippen molar-refractivity contribution in [2.24, 2.45) is 0 Å². The fourth-order valence-corrected chi connectivity index (χ4v) is 9.36. The molecule has 0 fully saturated rings. The fraction of sp³-hybridized carbons (Fsp3) is 0.842. The molecule has 16 nitrogen and oxygen atoms in total. The highest BCUT2D eigenvalue weighted by molar-refractivity contribution is 7.47. The third-order valence-electron chi connectivity index (χ3n) is 12.3. The summed E-state index contributed by atoms with van der Waals surface area (Å²) in [5, 5.41) is 20.4. The summed E-state index contributed by atoms with van der Waals surface area (Å²) in [5.74, 6) is -1.59. The van der Waals surface area contributed by atoms with Crippen LogP contribution in [0.2, 0.25) is 0 Å². The summed E-state index contributed by atoms with van der Waals surface area (Å²) in [7, 11) is -9.74. The first kappa shape index (κ1) is 72.8. The second kappa shape index (κ2) is 52.5. The summed E-state index contributed by atoms with van der Waals surface area (Å²) in [6.07, 6.45) is 45.1. The average molecular weight is 1110 g/mol. The highest BCUT2D eigenvalue weighted by atomic mass is 31.2. The summed E-state index contributed by atoms with van der Waals surface area (Å²) >= 11 is 0. The van der Waals surface area contributed by atoms with Gasteiger partial charge in [0.25, 0.3) is 0 Å². The lowest BCUT2D eigenvalue weighted by atomic mass is 10.1. The molecule has 75 heavy (non-hydrogen) atoms. The van der Waals surface area contributed by atoms with Crippen molar-refractivity contribution in [3.05, 3.63) is 36.5 Å². The number of carbonyl (C=O) groups excluding carboxylic acids is 3. The van der Waals surface area contributed by atoms with Crippen LogP contribution in [0.15, 0.2) is 36.5 Å². The van der Waals surface area contributed by atoms with Crippen molar-refractivity contribution in [3.63, 3.8) is 0 Å². The number of allylic oxidation sites excluding steroid dienone is 6. The molecule has 18 heteroatoms. The van der Waals surface area contributed by atoms with E-state index >= 15 is 0 Å². The van der Waals surface area contributed by atoms with Gasteiger partial charge in [-0.1, -0.05) is 198 Å². The summed E-state index contributed by atoms with van der Waals surface area (Å²) in [4.78, 5) is 57.9. The van der Waals surface area contributed by atoms with E-state index in [1.54, 1.807) is 0 Å². The van der Waals surface area contributed by atoms with Crippen LogP contribution in [0.25, 0.3) is 0 Å². The first-order valence-corrected chi connectivity index (χ1v) is 32.3. The van der Waals surface area contributed by atoms with E-state index in [9.17, 15) is 43.5 Å². The first-order chi connectivity index (χ1) is 36.2. The number of esters is 3. The molecule has 0 saturated heterocycles. The van der Waals surface area contributed by atoms with E-state index in [1.807, 2.05) is 0 Å². The Kier molecular flexibility index (Phi) is 50.9. The molecule has 0 amide bonds. The number of rotatable bonds is 56. The second-order valence-corrected chi connectivity index (χ2v) is 22.7. The Bertz CT molecular complexity index is 1540. The number of hydrogen-bond donors (Lipinski definition) is 4. The van der Waals surface area contributed by atoms with Crippen molar-refractivity contribution >= 4 is 33.6 Å². The van der Waals surface area contributed by atoms with E-state index < -0.39 is 91.5 Å². The highest BCUT2D eigenvalue weighted by Crippen LogP contribution is 2.45. The van der Waals surface area contributed by atoms with Gasteiger partial charge in [0.05, 0.1) is 26.4 Å². The number of phosphoric acid groups is 2. The normalized spacial score (nSPS) is 14.8. The zero-order valence-corrected chi connectivity index (χ0v) is 48.8. The number of carbonyl (C=O) groups is 3. The minimum atomic E-state index is -4.91. The van der Waals surface area contributed by atoms with Crippen LogP contribution >= 0.6 is 15.6 Å². The first-order valence-electron chi connectivity index (χ1n) is 29.3. The zero-order chi connectivity index (χ0) is 55.4. The van der Waals surface area contributed by atoms with Gasteiger partial charge >= 0.3 is 33.6 Å². The molecular weight excluding hydrogens is 1000 g/mol. The standard InChI is InChI=1S/C57H106O16P2/c1-4-7-10-13-16-19-22-24-25-27-30-31-34-37-40-43-55(60)67-46-52(58)47-69-74(63,64)70-48-53(59)49-71-75(65,66)72-51-54(73-57(62)45-42-39-36-33-28-21-18-15-12-9-6-3)50-68-56(61)44-41-38-35-32-29-26-23-20-17-14-11-8-5-2/h11,14,20,23-25,52-54,58-59H,4-10,12-13,15-19,21-22,26-51H2,1-3H3,(H,63,64)(H,65,66)/b14-11-,23-20-,25-24-. The average Bonchev–Trinajstić information content (AvgIpc) is 3.38. The van der Waals surface area contributed by atoms with Crippen molar-refractivity contribution in [1.29, 1.82) is 0 Å². The summed E-state index contributed by atoms with van der Waals surface area (Å²) in [6, 6.07) is 0. The molecule has 5 unspecified atom stereocenters. The molecule has 0 aromatic rings. The number of ether oxygens (including phenoxy) is 3. The van der Waals surface area contributed by atoms with Crippen LogP contribution in [0.5, 0.6) is 0 Å². The summed E-state index contributed by atoms with van der Waals surface area (Å²) in [6.45, 7) is 2.56. The minimum absolute atomic E-state index is 0.107. The van der Waals surface area contributed by atoms with Crippen LogP contribution in [0.3, 0.4) is 0 Å². The van der Waals surface area contributed by atoms with Gasteiger partial charge in [-0.15, -0.1) is 0 Å². The smallest absolute Gasteiger partial charge is 0.463 e. The summed E-state index contributed by atoms with van der Waals surface area (Å²) < 4.78 is 60.5. The van der Waals surface area contributed by atoms with Crippen LogP contribution < -0.4 is 0 Å². The predicted octanol–water partition coefficient (Wildman–Crippen LogP) is 14.7. The van der Waals surface area contributed by atoms with Gasteiger partial charge in [-0.3, -0.25) is 32.5 Å². The van der Waals surface area contributed by atoms with E-state index in [2.05, 4.69) is 57.2 Å². The van der Waals surface area contributed by atoms with Crippen molar-refractivity contribution in [2.75, 3.05) is 39.6 Å². The van der Waals surface area contributed by atoms with E-state index in [-0.39, 0.29) is 19.3 Å². The molecular formula is C57H106O16P2. The van der Waals surface area contributed by atoms with Crippen molar-refractivity contribution in [2.45, 2.75) is 270 Å². The molecule has 0 aliphatic rings. The van der Waals surface area contributed by atoms with Gasteiger partial charge in [-0.05, 0) is 70.6 Å². The molecule has 0 spiro atoms.